The molecular formula is C19H23N3O2S. The Hall–Kier alpha value is -2.18. The second-order valence-corrected chi connectivity index (χ2v) is 7.25. The molecule has 2 aromatic rings. The van der Waals surface area contributed by atoms with Crippen LogP contribution in [-0.2, 0) is 11.4 Å². The topological polar surface area (TPSA) is 68.5 Å². The van der Waals surface area contributed by atoms with Gasteiger partial charge in [0.1, 0.15) is 12.4 Å². The third-order valence-corrected chi connectivity index (χ3v) is 5.12. The number of carbonyl (C=O) groups excluding carboxylic acids is 1. The number of nitrogens with two attached hydrogens (primary N) is 1. The van der Waals surface area contributed by atoms with Crippen molar-refractivity contribution in [1.29, 1.82) is 0 Å². The summed E-state index contributed by atoms with van der Waals surface area (Å²) in [5.74, 6) is 1.20. The number of hydrogen-bond acceptors (Lipinski definition) is 5. The number of aryl methyl sites for hydroxylation is 1. The first-order valence-corrected chi connectivity index (χ1v) is 9.33. The second-order valence-electron chi connectivity index (χ2n) is 6.19. The normalized spacial score (nSPS) is 17.4. The van der Waals surface area contributed by atoms with Crippen LogP contribution in [0.1, 0.15) is 22.7 Å². The molecule has 1 unspecified atom stereocenters. The van der Waals surface area contributed by atoms with Gasteiger partial charge in [0.2, 0.25) is 5.91 Å². The molecule has 2 heterocycles. The zero-order valence-corrected chi connectivity index (χ0v) is 15.2. The van der Waals surface area contributed by atoms with Crippen LogP contribution in [0, 0.1) is 12.8 Å². The summed E-state index contributed by atoms with van der Waals surface area (Å²) < 4.78 is 5.88. The number of ether oxygens (including phenoxy) is 1. The van der Waals surface area contributed by atoms with E-state index in [2.05, 4.69) is 4.98 Å². The average Bonchev–Trinajstić information content (AvgIpc) is 3.27. The van der Waals surface area contributed by atoms with Crippen LogP contribution in [0.2, 0.25) is 0 Å². The molecule has 0 bridgehead atoms. The van der Waals surface area contributed by atoms with Gasteiger partial charge in [-0.25, -0.2) is 4.98 Å². The summed E-state index contributed by atoms with van der Waals surface area (Å²) in [6, 6.07) is 7.71. The number of aromatic nitrogens is 1. The average molecular weight is 357 g/mol. The number of rotatable bonds is 6. The summed E-state index contributed by atoms with van der Waals surface area (Å²) in [5.41, 5.74) is 7.49. The standard InChI is InChI=1S/C19H23N3O2S/c1-14-21-17(13-25-14)12-24-18-5-3-2-4-16(18)6-7-19(23)22-9-8-15(10-20)11-22/h2-7,13,15H,8-12,20H2,1H3/b7-6+. The maximum absolute atomic E-state index is 12.3. The van der Waals surface area contributed by atoms with E-state index in [9.17, 15) is 4.79 Å². The second kappa shape index (κ2) is 8.27. The molecule has 5 nitrogen and oxygen atoms in total. The van der Waals surface area contributed by atoms with Crippen molar-refractivity contribution in [3.63, 3.8) is 0 Å². The van der Waals surface area contributed by atoms with Crippen molar-refractivity contribution in [3.8, 4) is 5.75 Å². The molecule has 0 spiro atoms. The van der Waals surface area contributed by atoms with Crippen LogP contribution in [0.15, 0.2) is 35.7 Å². The van der Waals surface area contributed by atoms with E-state index in [1.54, 1.807) is 17.4 Å². The van der Waals surface area contributed by atoms with E-state index < -0.39 is 0 Å². The molecule has 0 radical (unpaired) electrons. The number of thiazole rings is 1. The van der Waals surface area contributed by atoms with Gasteiger partial charge in [-0.2, -0.15) is 0 Å². The fourth-order valence-electron chi connectivity index (χ4n) is 2.87. The molecule has 1 aliphatic rings. The minimum atomic E-state index is 0.0286. The van der Waals surface area contributed by atoms with Crippen molar-refractivity contribution in [3.05, 3.63) is 52.0 Å². The Morgan fingerprint density at radius 2 is 2.32 bits per heavy atom. The molecule has 0 saturated carbocycles. The fraction of sp³-hybridized carbons (Fsp3) is 0.368. The van der Waals surface area contributed by atoms with Crippen LogP contribution in [0.25, 0.3) is 6.08 Å². The number of likely N-dealkylation sites (tertiary alicyclic amines) is 1. The third-order valence-electron chi connectivity index (χ3n) is 4.30. The largest absolute Gasteiger partial charge is 0.487 e. The zero-order valence-electron chi connectivity index (χ0n) is 14.4. The number of nitrogens with zero attached hydrogens (tertiary/aromatic N) is 2. The minimum Gasteiger partial charge on any atom is -0.487 e. The predicted molar refractivity (Wildman–Crippen MR) is 100 cm³/mol. The summed E-state index contributed by atoms with van der Waals surface area (Å²) in [7, 11) is 0. The van der Waals surface area contributed by atoms with Gasteiger partial charge in [-0.3, -0.25) is 4.79 Å². The van der Waals surface area contributed by atoms with Crippen molar-refractivity contribution in [2.75, 3.05) is 19.6 Å². The van der Waals surface area contributed by atoms with E-state index in [4.69, 9.17) is 10.5 Å². The summed E-state index contributed by atoms with van der Waals surface area (Å²) in [4.78, 5) is 18.6. The van der Waals surface area contributed by atoms with Gasteiger partial charge in [-0.05, 0) is 37.9 Å². The number of amides is 1. The molecule has 25 heavy (non-hydrogen) atoms. The van der Waals surface area contributed by atoms with E-state index >= 15 is 0 Å². The molecule has 132 valence electrons. The van der Waals surface area contributed by atoms with Crippen molar-refractivity contribution >= 4 is 23.3 Å². The summed E-state index contributed by atoms with van der Waals surface area (Å²) in [6.45, 7) is 4.57. The highest BCUT2D eigenvalue weighted by molar-refractivity contribution is 7.09. The predicted octanol–water partition coefficient (Wildman–Crippen LogP) is 2.85. The van der Waals surface area contributed by atoms with Gasteiger partial charge < -0.3 is 15.4 Å². The van der Waals surface area contributed by atoms with Crippen LogP contribution in [-0.4, -0.2) is 35.4 Å². The number of hydrogen-bond donors (Lipinski definition) is 1. The van der Waals surface area contributed by atoms with Gasteiger partial charge in [0.05, 0.1) is 10.7 Å². The van der Waals surface area contributed by atoms with E-state index in [-0.39, 0.29) is 5.91 Å². The molecule has 2 N–H and O–H groups in total. The quantitative estimate of drug-likeness (QED) is 0.807. The molecule has 1 aromatic carbocycles. The van der Waals surface area contributed by atoms with Gasteiger partial charge in [-0.1, -0.05) is 18.2 Å². The molecule has 1 aliphatic heterocycles. The lowest BCUT2D eigenvalue weighted by atomic mass is 10.1. The highest BCUT2D eigenvalue weighted by Crippen LogP contribution is 2.22. The Bertz CT molecular complexity index is 757. The van der Waals surface area contributed by atoms with Crippen LogP contribution in [0.4, 0.5) is 0 Å². The van der Waals surface area contributed by atoms with E-state index in [1.807, 2.05) is 47.5 Å². The van der Waals surface area contributed by atoms with E-state index in [0.717, 1.165) is 41.5 Å². The monoisotopic (exact) mass is 357 g/mol. The van der Waals surface area contributed by atoms with E-state index in [0.29, 0.717) is 19.1 Å². The third kappa shape index (κ3) is 4.67. The Morgan fingerprint density at radius 1 is 1.48 bits per heavy atom. The molecule has 1 saturated heterocycles. The highest BCUT2D eigenvalue weighted by atomic mass is 32.1. The van der Waals surface area contributed by atoms with Gasteiger partial charge in [0.15, 0.2) is 0 Å². The maximum Gasteiger partial charge on any atom is 0.246 e. The summed E-state index contributed by atoms with van der Waals surface area (Å²) in [6.07, 6.45) is 4.43. The van der Waals surface area contributed by atoms with Crippen LogP contribution in [0.3, 0.4) is 0 Å². The molecular weight excluding hydrogens is 334 g/mol. The molecule has 1 aromatic heterocycles. The Labute approximate surface area is 152 Å². The SMILES string of the molecule is Cc1nc(COc2ccccc2/C=C/C(=O)N2CCC(CN)C2)cs1. The van der Waals surface area contributed by atoms with E-state index in [1.165, 1.54) is 0 Å². The lowest BCUT2D eigenvalue weighted by molar-refractivity contribution is -0.125. The minimum absolute atomic E-state index is 0.0286. The molecule has 1 atom stereocenters. The first kappa shape index (κ1) is 17.6. The number of para-hydroxylation sites is 1. The lowest BCUT2D eigenvalue weighted by Gasteiger charge is -2.13. The Kier molecular flexibility index (Phi) is 5.83. The zero-order chi connectivity index (χ0) is 17.6. The molecule has 1 fully saturated rings. The van der Waals surface area contributed by atoms with Crippen molar-refractivity contribution in [2.45, 2.75) is 20.0 Å². The molecule has 6 heteroatoms. The maximum atomic E-state index is 12.3. The summed E-state index contributed by atoms with van der Waals surface area (Å²) in [5, 5.41) is 3.03. The lowest BCUT2D eigenvalue weighted by Crippen LogP contribution is -2.28. The van der Waals surface area contributed by atoms with Crippen molar-refractivity contribution < 1.29 is 9.53 Å². The first-order chi connectivity index (χ1) is 12.2. The molecule has 3 rings (SSSR count). The van der Waals surface area contributed by atoms with Crippen LogP contribution >= 0.6 is 11.3 Å². The summed E-state index contributed by atoms with van der Waals surface area (Å²) >= 11 is 1.61. The van der Waals surface area contributed by atoms with Gasteiger partial charge >= 0.3 is 0 Å². The Morgan fingerprint density at radius 3 is 3.04 bits per heavy atom. The number of carbonyl (C=O) groups is 1. The van der Waals surface area contributed by atoms with Gasteiger partial charge in [0, 0.05) is 30.1 Å². The van der Waals surface area contributed by atoms with Crippen LogP contribution in [0.5, 0.6) is 5.75 Å². The van der Waals surface area contributed by atoms with Crippen LogP contribution < -0.4 is 10.5 Å². The van der Waals surface area contributed by atoms with Crippen molar-refractivity contribution in [2.24, 2.45) is 11.7 Å². The van der Waals surface area contributed by atoms with Crippen molar-refractivity contribution in [1.82, 2.24) is 9.88 Å². The first-order valence-electron chi connectivity index (χ1n) is 8.45. The fourth-order valence-corrected chi connectivity index (χ4v) is 3.46. The number of benzene rings is 1. The smallest absolute Gasteiger partial charge is 0.246 e. The molecule has 0 aliphatic carbocycles. The Balaban J connectivity index is 1.63. The van der Waals surface area contributed by atoms with Gasteiger partial charge in [0.25, 0.3) is 0 Å². The molecule has 1 amide bonds. The van der Waals surface area contributed by atoms with Gasteiger partial charge in [-0.15, -0.1) is 11.3 Å². The highest BCUT2D eigenvalue weighted by Gasteiger charge is 2.23.